The van der Waals surface area contributed by atoms with Gasteiger partial charge in [-0.15, -0.1) is 0 Å². The Morgan fingerprint density at radius 2 is 1.59 bits per heavy atom. The molecule has 1 amide bonds. The third kappa shape index (κ3) is 3.66. The first-order chi connectivity index (χ1) is 12.9. The number of nitrogens with zero attached hydrogens (tertiary/aromatic N) is 2. The fourth-order valence-electron chi connectivity index (χ4n) is 3.94. The van der Waals surface area contributed by atoms with Gasteiger partial charge in [-0.3, -0.25) is 4.79 Å². The number of alkyl halides is 3. The van der Waals surface area contributed by atoms with E-state index in [4.69, 9.17) is 0 Å². The van der Waals surface area contributed by atoms with Crippen LogP contribution in [0.25, 0.3) is 0 Å². The second kappa shape index (κ2) is 6.91. The Kier molecular flexibility index (Phi) is 4.58. The monoisotopic (exact) mass is 374 g/mol. The van der Waals surface area contributed by atoms with Crippen molar-refractivity contribution in [2.24, 2.45) is 5.92 Å². The molecule has 4 rings (SSSR count). The number of anilines is 1. The molecule has 2 aliphatic heterocycles. The lowest BCUT2D eigenvalue weighted by atomic mass is 9.97. The van der Waals surface area contributed by atoms with Gasteiger partial charge in [0.25, 0.3) is 5.91 Å². The summed E-state index contributed by atoms with van der Waals surface area (Å²) in [6.07, 6.45) is -3.75. The third-order valence-corrected chi connectivity index (χ3v) is 5.49. The number of likely N-dealkylation sites (tertiary alicyclic amines) is 1. The molecular weight excluding hydrogens is 353 g/mol. The summed E-state index contributed by atoms with van der Waals surface area (Å²) in [6, 6.07) is 15.5. The zero-order valence-electron chi connectivity index (χ0n) is 14.9. The van der Waals surface area contributed by atoms with Crippen LogP contribution in [-0.2, 0) is 13.1 Å². The van der Waals surface area contributed by atoms with Gasteiger partial charge in [0.2, 0.25) is 0 Å². The maximum atomic E-state index is 13.0. The quantitative estimate of drug-likeness (QED) is 0.766. The van der Waals surface area contributed by atoms with Crippen molar-refractivity contribution in [2.45, 2.75) is 32.1 Å². The Hall–Kier alpha value is -2.50. The van der Waals surface area contributed by atoms with Crippen molar-refractivity contribution < 1.29 is 18.0 Å². The lowest BCUT2D eigenvalue weighted by molar-refractivity contribution is -0.184. The van der Waals surface area contributed by atoms with E-state index < -0.39 is 12.1 Å². The van der Waals surface area contributed by atoms with Gasteiger partial charge in [0.15, 0.2) is 0 Å². The molecule has 142 valence electrons. The number of fused-ring (bicyclic) bond motifs is 1. The standard InChI is InChI=1S/C21H21F3N2O/c22-21(23,24)18-6-3-11-25(14-18)20(27)15-7-9-19(10-8-15)26-12-16-4-1-2-5-17(16)13-26/h1-2,4-5,7-10,18H,3,6,11-14H2. The molecule has 0 saturated carbocycles. The van der Waals surface area contributed by atoms with Crippen LogP contribution in [0.5, 0.6) is 0 Å². The minimum atomic E-state index is -4.24. The summed E-state index contributed by atoms with van der Waals surface area (Å²) in [5.74, 6) is -1.74. The van der Waals surface area contributed by atoms with Gasteiger partial charge in [0, 0.05) is 37.4 Å². The molecule has 1 atom stereocenters. The van der Waals surface area contributed by atoms with E-state index in [-0.39, 0.29) is 18.9 Å². The first-order valence-electron chi connectivity index (χ1n) is 9.19. The van der Waals surface area contributed by atoms with Crippen LogP contribution in [0.15, 0.2) is 48.5 Å². The van der Waals surface area contributed by atoms with Gasteiger partial charge in [-0.2, -0.15) is 13.2 Å². The molecule has 0 N–H and O–H groups in total. The average Bonchev–Trinajstić information content (AvgIpc) is 3.11. The van der Waals surface area contributed by atoms with Crippen LogP contribution in [-0.4, -0.2) is 30.1 Å². The summed E-state index contributed by atoms with van der Waals surface area (Å²) in [7, 11) is 0. The molecule has 2 aromatic rings. The lowest BCUT2D eigenvalue weighted by Gasteiger charge is -2.33. The highest BCUT2D eigenvalue weighted by atomic mass is 19.4. The molecule has 2 aromatic carbocycles. The van der Waals surface area contributed by atoms with Crippen molar-refractivity contribution in [3.8, 4) is 0 Å². The van der Waals surface area contributed by atoms with E-state index in [0.29, 0.717) is 18.5 Å². The average molecular weight is 374 g/mol. The fraction of sp³-hybridized carbons (Fsp3) is 0.381. The molecule has 3 nitrogen and oxygen atoms in total. The van der Waals surface area contributed by atoms with Gasteiger partial charge < -0.3 is 9.80 Å². The van der Waals surface area contributed by atoms with Crippen LogP contribution in [0.3, 0.4) is 0 Å². The van der Waals surface area contributed by atoms with Gasteiger partial charge in [-0.05, 0) is 48.2 Å². The van der Waals surface area contributed by atoms with Crippen molar-refractivity contribution >= 4 is 11.6 Å². The van der Waals surface area contributed by atoms with Crippen molar-refractivity contribution in [1.29, 1.82) is 0 Å². The number of piperidine rings is 1. The second-order valence-corrected chi connectivity index (χ2v) is 7.30. The topological polar surface area (TPSA) is 23.6 Å². The van der Waals surface area contributed by atoms with E-state index >= 15 is 0 Å². The molecule has 2 aliphatic rings. The van der Waals surface area contributed by atoms with Crippen molar-refractivity contribution in [1.82, 2.24) is 4.90 Å². The summed E-state index contributed by atoms with van der Waals surface area (Å²) in [5, 5.41) is 0. The van der Waals surface area contributed by atoms with E-state index in [9.17, 15) is 18.0 Å². The van der Waals surface area contributed by atoms with Gasteiger partial charge in [0.05, 0.1) is 5.92 Å². The van der Waals surface area contributed by atoms with Crippen molar-refractivity contribution in [3.05, 3.63) is 65.2 Å². The molecule has 0 aromatic heterocycles. The lowest BCUT2D eigenvalue weighted by Crippen LogP contribution is -2.44. The molecule has 0 aliphatic carbocycles. The number of benzene rings is 2. The first-order valence-corrected chi connectivity index (χ1v) is 9.19. The summed E-state index contributed by atoms with van der Waals surface area (Å²) in [6.45, 7) is 1.78. The highest BCUT2D eigenvalue weighted by Crippen LogP contribution is 2.34. The van der Waals surface area contributed by atoms with E-state index in [1.54, 1.807) is 12.1 Å². The van der Waals surface area contributed by atoms with E-state index in [1.165, 1.54) is 16.0 Å². The van der Waals surface area contributed by atoms with Gasteiger partial charge in [-0.1, -0.05) is 24.3 Å². The number of carbonyl (C=O) groups excluding carboxylic acids is 1. The van der Waals surface area contributed by atoms with E-state index in [2.05, 4.69) is 17.0 Å². The number of hydrogen-bond donors (Lipinski definition) is 0. The van der Waals surface area contributed by atoms with E-state index in [0.717, 1.165) is 18.8 Å². The van der Waals surface area contributed by atoms with Crippen LogP contribution in [0.4, 0.5) is 18.9 Å². The third-order valence-electron chi connectivity index (χ3n) is 5.49. The Labute approximate surface area is 156 Å². The fourth-order valence-corrected chi connectivity index (χ4v) is 3.94. The maximum Gasteiger partial charge on any atom is 0.393 e. The molecule has 1 unspecified atom stereocenters. The maximum absolute atomic E-state index is 13.0. The summed E-state index contributed by atoms with van der Waals surface area (Å²) < 4.78 is 38.9. The summed E-state index contributed by atoms with van der Waals surface area (Å²) in [5.41, 5.74) is 4.04. The molecule has 0 radical (unpaired) electrons. The molecular formula is C21H21F3N2O. The number of rotatable bonds is 2. The van der Waals surface area contributed by atoms with Crippen LogP contribution >= 0.6 is 0 Å². The SMILES string of the molecule is O=C(c1ccc(N2Cc3ccccc3C2)cc1)N1CCCC(C(F)(F)F)C1. The second-order valence-electron chi connectivity index (χ2n) is 7.30. The predicted molar refractivity (Wildman–Crippen MR) is 97.5 cm³/mol. The van der Waals surface area contributed by atoms with Crippen molar-refractivity contribution in [2.75, 3.05) is 18.0 Å². The molecule has 0 bridgehead atoms. The highest BCUT2D eigenvalue weighted by molar-refractivity contribution is 5.94. The number of amides is 1. The largest absolute Gasteiger partial charge is 0.393 e. The summed E-state index contributed by atoms with van der Waals surface area (Å²) in [4.78, 5) is 16.2. The zero-order chi connectivity index (χ0) is 19.0. The zero-order valence-corrected chi connectivity index (χ0v) is 14.9. The minimum Gasteiger partial charge on any atom is -0.363 e. The Bertz CT molecular complexity index is 807. The van der Waals surface area contributed by atoms with Gasteiger partial charge in [0.1, 0.15) is 0 Å². The first kappa shape index (κ1) is 17.9. The molecule has 6 heteroatoms. The Morgan fingerprint density at radius 3 is 2.19 bits per heavy atom. The normalized spacial score (nSPS) is 19.9. The molecule has 1 fully saturated rings. The number of halogens is 3. The highest BCUT2D eigenvalue weighted by Gasteiger charge is 2.42. The molecule has 0 spiro atoms. The van der Waals surface area contributed by atoms with Crippen LogP contribution in [0, 0.1) is 5.92 Å². The van der Waals surface area contributed by atoms with Crippen LogP contribution in [0.1, 0.15) is 34.3 Å². The van der Waals surface area contributed by atoms with Crippen molar-refractivity contribution in [3.63, 3.8) is 0 Å². The van der Waals surface area contributed by atoms with Gasteiger partial charge >= 0.3 is 6.18 Å². The summed E-state index contributed by atoms with van der Waals surface area (Å²) >= 11 is 0. The smallest absolute Gasteiger partial charge is 0.363 e. The predicted octanol–water partition coefficient (Wildman–Crippen LogP) is 4.62. The Balaban J connectivity index is 1.44. The molecule has 1 saturated heterocycles. The number of hydrogen-bond acceptors (Lipinski definition) is 2. The number of carbonyl (C=O) groups is 1. The minimum absolute atomic E-state index is 0.0989. The van der Waals surface area contributed by atoms with Gasteiger partial charge in [-0.25, -0.2) is 0 Å². The van der Waals surface area contributed by atoms with Crippen LogP contribution < -0.4 is 4.90 Å². The molecule has 2 heterocycles. The van der Waals surface area contributed by atoms with Crippen LogP contribution in [0.2, 0.25) is 0 Å². The molecule has 27 heavy (non-hydrogen) atoms. The Morgan fingerprint density at radius 1 is 0.963 bits per heavy atom. The van der Waals surface area contributed by atoms with E-state index in [1.807, 2.05) is 24.3 Å².